The van der Waals surface area contributed by atoms with E-state index in [4.69, 9.17) is 11.6 Å². The summed E-state index contributed by atoms with van der Waals surface area (Å²) in [6.45, 7) is 9.02. The summed E-state index contributed by atoms with van der Waals surface area (Å²) in [7, 11) is -3.41. The van der Waals surface area contributed by atoms with E-state index < -0.39 is 10.0 Å². The smallest absolute Gasteiger partial charge is 0.244 e. The Balaban J connectivity index is 3.14. The molecule has 0 aliphatic rings. The van der Waals surface area contributed by atoms with Gasteiger partial charge >= 0.3 is 0 Å². The van der Waals surface area contributed by atoms with E-state index in [2.05, 4.69) is 6.92 Å². The highest BCUT2D eigenvalue weighted by Gasteiger charge is 2.25. The van der Waals surface area contributed by atoms with Crippen molar-refractivity contribution in [3.63, 3.8) is 0 Å². The van der Waals surface area contributed by atoms with Crippen molar-refractivity contribution in [2.45, 2.75) is 57.4 Å². The van der Waals surface area contributed by atoms with Gasteiger partial charge in [-0.05, 0) is 26.3 Å². The van der Waals surface area contributed by atoms with Crippen LogP contribution in [-0.2, 0) is 15.9 Å². The molecule has 0 aliphatic carbocycles. The third-order valence-corrected chi connectivity index (χ3v) is 5.57. The Morgan fingerprint density at radius 3 is 2.40 bits per heavy atom. The van der Waals surface area contributed by atoms with E-state index in [-0.39, 0.29) is 6.04 Å². The van der Waals surface area contributed by atoms with Crippen molar-refractivity contribution in [3.8, 4) is 0 Å². The largest absolute Gasteiger partial charge is 0.346 e. The van der Waals surface area contributed by atoms with Gasteiger partial charge in [0.2, 0.25) is 10.0 Å². The lowest BCUT2D eigenvalue weighted by Crippen LogP contribution is -2.31. The van der Waals surface area contributed by atoms with Gasteiger partial charge in [0.25, 0.3) is 0 Å². The molecule has 0 aliphatic heterocycles. The second-order valence-corrected chi connectivity index (χ2v) is 7.36. The average Bonchev–Trinajstić information content (AvgIpc) is 2.84. The number of unbranched alkanes of at least 4 members (excludes halogenated alkanes) is 1. The molecule has 0 unspecified atom stereocenters. The molecule has 0 bridgehead atoms. The Bertz CT molecular complexity index is 523. The van der Waals surface area contributed by atoms with Crippen molar-refractivity contribution < 1.29 is 8.42 Å². The normalized spacial score (nSPS) is 12.6. The van der Waals surface area contributed by atoms with Crippen LogP contribution in [0.2, 0.25) is 0 Å². The lowest BCUT2D eigenvalue weighted by atomic mass is 10.3. The molecule has 0 aromatic carbocycles. The van der Waals surface area contributed by atoms with Gasteiger partial charge in [-0.15, -0.1) is 11.6 Å². The summed E-state index contributed by atoms with van der Waals surface area (Å²) in [5.74, 6) is 0.314. The van der Waals surface area contributed by atoms with E-state index in [0.717, 1.165) is 18.5 Å². The van der Waals surface area contributed by atoms with Crippen LogP contribution >= 0.6 is 11.6 Å². The Hall–Kier alpha value is -0.520. The molecule has 0 N–H and O–H groups in total. The number of rotatable bonds is 8. The number of halogens is 1. The first-order chi connectivity index (χ1) is 9.38. The van der Waals surface area contributed by atoms with E-state index in [1.807, 2.05) is 25.3 Å². The lowest BCUT2D eigenvalue weighted by molar-refractivity contribution is 0.418. The molecule has 116 valence electrons. The minimum Gasteiger partial charge on any atom is -0.346 e. The summed E-state index contributed by atoms with van der Waals surface area (Å²) in [4.78, 5) is 0.347. The number of aromatic nitrogens is 1. The van der Waals surface area contributed by atoms with Crippen LogP contribution in [0.15, 0.2) is 17.2 Å². The first-order valence-corrected chi connectivity index (χ1v) is 9.12. The van der Waals surface area contributed by atoms with E-state index in [0.29, 0.717) is 23.9 Å². The van der Waals surface area contributed by atoms with Crippen molar-refractivity contribution in [1.82, 2.24) is 8.87 Å². The summed E-state index contributed by atoms with van der Waals surface area (Å²) < 4.78 is 28.7. The zero-order chi connectivity index (χ0) is 15.3. The first kappa shape index (κ1) is 17.5. The third-order valence-electron chi connectivity index (χ3n) is 3.35. The molecule has 0 spiro atoms. The molecule has 1 aromatic rings. The van der Waals surface area contributed by atoms with Gasteiger partial charge in [0.15, 0.2) is 0 Å². The Morgan fingerprint density at radius 1 is 1.35 bits per heavy atom. The van der Waals surface area contributed by atoms with Crippen molar-refractivity contribution in [1.29, 1.82) is 0 Å². The number of sulfonamides is 1. The monoisotopic (exact) mass is 320 g/mol. The summed E-state index contributed by atoms with van der Waals surface area (Å²) in [5, 5.41) is 0. The second-order valence-electron chi connectivity index (χ2n) is 5.15. The maximum absolute atomic E-state index is 12.6. The van der Waals surface area contributed by atoms with Crippen molar-refractivity contribution in [3.05, 3.63) is 18.0 Å². The van der Waals surface area contributed by atoms with Crippen molar-refractivity contribution >= 4 is 21.6 Å². The molecular formula is C14H25ClN2O2S. The Kier molecular flexibility index (Phi) is 6.55. The molecular weight excluding hydrogens is 296 g/mol. The number of hydrogen-bond acceptors (Lipinski definition) is 2. The van der Waals surface area contributed by atoms with Crippen LogP contribution in [0.4, 0.5) is 0 Å². The quantitative estimate of drug-likeness (QED) is 0.686. The first-order valence-electron chi connectivity index (χ1n) is 7.15. The molecule has 0 fully saturated rings. The van der Waals surface area contributed by atoms with Gasteiger partial charge in [0, 0.05) is 31.0 Å². The molecule has 1 rings (SSSR count). The molecule has 0 saturated heterocycles. The van der Waals surface area contributed by atoms with Crippen LogP contribution < -0.4 is 0 Å². The SMILES string of the molecule is CCCCN(CC)S(=O)(=O)c1cc(CCl)n(C(C)C)c1. The van der Waals surface area contributed by atoms with Crippen molar-refractivity contribution in [2.24, 2.45) is 0 Å². The van der Waals surface area contributed by atoms with Gasteiger partial charge in [-0.1, -0.05) is 20.3 Å². The van der Waals surface area contributed by atoms with Gasteiger partial charge in [-0.25, -0.2) is 8.42 Å². The molecule has 6 heteroatoms. The molecule has 1 heterocycles. The Labute approximate surface area is 127 Å². The van der Waals surface area contributed by atoms with E-state index in [1.165, 1.54) is 4.31 Å². The molecule has 20 heavy (non-hydrogen) atoms. The highest BCUT2D eigenvalue weighted by Crippen LogP contribution is 2.23. The van der Waals surface area contributed by atoms with Gasteiger partial charge < -0.3 is 4.57 Å². The summed E-state index contributed by atoms with van der Waals surface area (Å²) in [6.07, 6.45) is 3.55. The van der Waals surface area contributed by atoms with Crippen LogP contribution in [0.1, 0.15) is 52.3 Å². The molecule has 1 aromatic heterocycles. The van der Waals surface area contributed by atoms with Crippen LogP contribution in [0.25, 0.3) is 0 Å². The molecule has 0 amide bonds. The predicted molar refractivity (Wildman–Crippen MR) is 83.7 cm³/mol. The van der Waals surface area contributed by atoms with Gasteiger partial charge in [-0.3, -0.25) is 0 Å². The molecule has 0 radical (unpaired) electrons. The third kappa shape index (κ3) is 3.77. The highest BCUT2D eigenvalue weighted by molar-refractivity contribution is 7.89. The van der Waals surface area contributed by atoms with E-state index in [1.54, 1.807) is 12.3 Å². The standard InChI is InChI=1S/C14H25ClN2O2S/c1-5-7-8-16(6-2)20(18,19)14-9-13(10-15)17(11-14)12(3)4/h9,11-12H,5-8,10H2,1-4H3. The number of hydrogen-bond donors (Lipinski definition) is 0. The fourth-order valence-corrected chi connectivity index (χ4v) is 3.91. The second kappa shape index (κ2) is 7.48. The van der Waals surface area contributed by atoms with Gasteiger partial charge in [-0.2, -0.15) is 4.31 Å². The van der Waals surface area contributed by atoms with Crippen LogP contribution in [0.5, 0.6) is 0 Å². The number of nitrogens with zero attached hydrogens (tertiary/aromatic N) is 2. The van der Waals surface area contributed by atoms with Crippen molar-refractivity contribution in [2.75, 3.05) is 13.1 Å². The fourth-order valence-electron chi connectivity index (χ4n) is 2.16. The zero-order valence-electron chi connectivity index (χ0n) is 12.8. The zero-order valence-corrected chi connectivity index (χ0v) is 14.3. The number of alkyl halides is 1. The Morgan fingerprint density at radius 2 is 2.00 bits per heavy atom. The summed E-state index contributed by atoms with van der Waals surface area (Å²) in [6, 6.07) is 1.88. The fraction of sp³-hybridized carbons (Fsp3) is 0.714. The lowest BCUT2D eigenvalue weighted by Gasteiger charge is -2.19. The van der Waals surface area contributed by atoms with Crippen LogP contribution in [-0.4, -0.2) is 30.4 Å². The van der Waals surface area contributed by atoms with Crippen LogP contribution in [0, 0.1) is 0 Å². The minimum atomic E-state index is -3.41. The van der Waals surface area contributed by atoms with Gasteiger partial charge in [0.1, 0.15) is 4.90 Å². The molecule has 0 saturated carbocycles. The molecule has 4 nitrogen and oxygen atoms in total. The summed E-state index contributed by atoms with van der Waals surface area (Å²) in [5.41, 5.74) is 0.840. The van der Waals surface area contributed by atoms with Gasteiger partial charge in [0.05, 0.1) is 5.88 Å². The van der Waals surface area contributed by atoms with E-state index >= 15 is 0 Å². The van der Waals surface area contributed by atoms with E-state index in [9.17, 15) is 8.42 Å². The van der Waals surface area contributed by atoms with Crippen LogP contribution in [0.3, 0.4) is 0 Å². The topological polar surface area (TPSA) is 42.3 Å². The minimum absolute atomic E-state index is 0.193. The maximum atomic E-state index is 12.6. The summed E-state index contributed by atoms with van der Waals surface area (Å²) >= 11 is 5.91. The highest BCUT2D eigenvalue weighted by atomic mass is 35.5. The molecule has 0 atom stereocenters. The average molecular weight is 321 g/mol. The predicted octanol–water partition coefficient (Wildman–Crippen LogP) is 3.62. The maximum Gasteiger partial charge on any atom is 0.244 e.